The number of nitrogens with zero attached hydrogens (tertiary/aromatic N) is 1. The number of para-hydroxylation sites is 1. The number of nitro groups is 1. The molecule has 0 aliphatic carbocycles. The standard InChI is InChI=1S/C14H12ClNO4/c1-9-3-2-4-13(16(18)19)14(9)20-11-6-5-10(8-17)12(15)7-11/h2-7,17H,8H2,1H3. The number of aliphatic hydroxyl groups is 1. The molecule has 2 aromatic rings. The normalized spacial score (nSPS) is 10.3. The van der Waals surface area contributed by atoms with Crippen LogP contribution in [0, 0.1) is 17.0 Å². The highest BCUT2D eigenvalue weighted by atomic mass is 35.5. The van der Waals surface area contributed by atoms with Gasteiger partial charge in [-0.2, -0.15) is 0 Å². The second-order valence-corrected chi connectivity index (χ2v) is 4.60. The minimum absolute atomic E-state index is 0.104. The quantitative estimate of drug-likeness (QED) is 0.686. The smallest absolute Gasteiger partial charge is 0.311 e. The van der Waals surface area contributed by atoms with E-state index in [0.717, 1.165) is 0 Å². The van der Waals surface area contributed by atoms with Crippen molar-refractivity contribution in [2.45, 2.75) is 13.5 Å². The number of ether oxygens (including phenoxy) is 1. The maximum absolute atomic E-state index is 11.0. The Morgan fingerprint density at radius 2 is 2.10 bits per heavy atom. The molecule has 20 heavy (non-hydrogen) atoms. The van der Waals surface area contributed by atoms with Gasteiger partial charge in [-0.1, -0.05) is 29.8 Å². The van der Waals surface area contributed by atoms with Crippen molar-refractivity contribution in [1.29, 1.82) is 0 Å². The fourth-order valence-corrected chi connectivity index (χ4v) is 1.98. The fraction of sp³-hybridized carbons (Fsp3) is 0.143. The first kappa shape index (κ1) is 14.3. The highest BCUT2D eigenvalue weighted by molar-refractivity contribution is 6.31. The summed E-state index contributed by atoms with van der Waals surface area (Å²) in [5, 5.41) is 20.4. The molecule has 0 fully saturated rings. The molecule has 0 saturated carbocycles. The average Bonchev–Trinajstić information content (AvgIpc) is 2.41. The van der Waals surface area contributed by atoms with E-state index in [1.54, 1.807) is 31.2 Å². The molecule has 0 unspecified atom stereocenters. The summed E-state index contributed by atoms with van der Waals surface area (Å²) in [7, 11) is 0. The molecule has 0 aromatic heterocycles. The van der Waals surface area contributed by atoms with Crippen LogP contribution < -0.4 is 4.74 Å². The second kappa shape index (κ2) is 5.90. The molecular weight excluding hydrogens is 282 g/mol. The second-order valence-electron chi connectivity index (χ2n) is 4.19. The molecule has 0 bridgehead atoms. The van der Waals surface area contributed by atoms with E-state index in [9.17, 15) is 10.1 Å². The van der Waals surface area contributed by atoms with Crippen LogP contribution in [-0.2, 0) is 6.61 Å². The Labute approximate surface area is 120 Å². The van der Waals surface area contributed by atoms with E-state index in [1.807, 2.05) is 0 Å². The number of nitro benzene ring substituents is 1. The first-order chi connectivity index (χ1) is 9.52. The van der Waals surface area contributed by atoms with Gasteiger partial charge in [0, 0.05) is 11.1 Å². The predicted molar refractivity (Wildman–Crippen MR) is 75.3 cm³/mol. The molecule has 5 nitrogen and oxygen atoms in total. The Balaban J connectivity index is 2.39. The van der Waals surface area contributed by atoms with E-state index in [-0.39, 0.29) is 18.0 Å². The van der Waals surface area contributed by atoms with Crippen molar-refractivity contribution >= 4 is 17.3 Å². The maximum atomic E-state index is 11.0. The van der Waals surface area contributed by atoms with Crippen LogP contribution in [0.2, 0.25) is 5.02 Å². The van der Waals surface area contributed by atoms with Crippen LogP contribution in [-0.4, -0.2) is 10.0 Å². The molecule has 0 saturated heterocycles. The number of aryl methyl sites for hydroxylation is 1. The summed E-state index contributed by atoms with van der Waals surface area (Å²) < 4.78 is 5.57. The zero-order chi connectivity index (χ0) is 14.7. The van der Waals surface area contributed by atoms with Crippen LogP contribution in [0.15, 0.2) is 36.4 Å². The number of benzene rings is 2. The van der Waals surface area contributed by atoms with Crippen molar-refractivity contribution in [2.24, 2.45) is 0 Å². The van der Waals surface area contributed by atoms with Gasteiger partial charge in [0.05, 0.1) is 11.5 Å². The topological polar surface area (TPSA) is 72.6 Å². The lowest BCUT2D eigenvalue weighted by molar-refractivity contribution is -0.385. The molecule has 0 atom stereocenters. The number of halogens is 1. The lowest BCUT2D eigenvalue weighted by Crippen LogP contribution is -1.96. The molecule has 0 aliphatic rings. The summed E-state index contributed by atoms with van der Waals surface area (Å²) >= 11 is 5.96. The van der Waals surface area contributed by atoms with Gasteiger partial charge in [0.2, 0.25) is 5.75 Å². The molecule has 2 rings (SSSR count). The predicted octanol–water partition coefficient (Wildman–Crippen LogP) is 3.84. The third kappa shape index (κ3) is 2.89. The van der Waals surface area contributed by atoms with Gasteiger partial charge < -0.3 is 9.84 Å². The van der Waals surface area contributed by atoms with Crippen LogP contribution in [0.1, 0.15) is 11.1 Å². The van der Waals surface area contributed by atoms with Gasteiger partial charge in [0.25, 0.3) is 0 Å². The first-order valence-corrected chi connectivity index (χ1v) is 6.22. The van der Waals surface area contributed by atoms with Gasteiger partial charge in [0.15, 0.2) is 0 Å². The Morgan fingerprint density at radius 1 is 1.35 bits per heavy atom. The molecule has 0 radical (unpaired) electrons. The summed E-state index contributed by atoms with van der Waals surface area (Å²) in [4.78, 5) is 10.5. The Kier molecular flexibility index (Phi) is 4.22. The largest absolute Gasteiger partial charge is 0.450 e. The molecule has 2 aromatic carbocycles. The number of hydrogen-bond donors (Lipinski definition) is 1. The minimum Gasteiger partial charge on any atom is -0.450 e. The van der Waals surface area contributed by atoms with E-state index in [2.05, 4.69) is 0 Å². The van der Waals surface area contributed by atoms with E-state index in [1.165, 1.54) is 12.1 Å². The van der Waals surface area contributed by atoms with Gasteiger partial charge in [-0.15, -0.1) is 0 Å². The van der Waals surface area contributed by atoms with Gasteiger partial charge in [-0.25, -0.2) is 0 Å². The van der Waals surface area contributed by atoms with Crippen LogP contribution >= 0.6 is 11.6 Å². The average molecular weight is 294 g/mol. The Hall–Kier alpha value is -2.11. The van der Waals surface area contributed by atoms with Crippen molar-refractivity contribution in [2.75, 3.05) is 0 Å². The maximum Gasteiger partial charge on any atom is 0.311 e. The SMILES string of the molecule is Cc1cccc([N+](=O)[O-])c1Oc1ccc(CO)c(Cl)c1. The number of aliphatic hydroxyl groups excluding tert-OH is 1. The highest BCUT2D eigenvalue weighted by Gasteiger charge is 2.18. The van der Waals surface area contributed by atoms with Crippen molar-refractivity contribution < 1.29 is 14.8 Å². The van der Waals surface area contributed by atoms with Gasteiger partial charge in [0.1, 0.15) is 5.75 Å². The first-order valence-electron chi connectivity index (χ1n) is 5.84. The summed E-state index contributed by atoms with van der Waals surface area (Å²) in [5.74, 6) is 0.565. The summed E-state index contributed by atoms with van der Waals surface area (Å²) in [5.41, 5.74) is 1.12. The van der Waals surface area contributed by atoms with Crippen LogP contribution in [0.5, 0.6) is 11.5 Å². The van der Waals surface area contributed by atoms with Crippen molar-refractivity contribution in [3.63, 3.8) is 0 Å². The molecule has 0 aliphatic heterocycles. The van der Waals surface area contributed by atoms with E-state index >= 15 is 0 Å². The molecule has 0 spiro atoms. The summed E-state index contributed by atoms with van der Waals surface area (Å²) in [6.45, 7) is 1.55. The van der Waals surface area contributed by atoms with Crippen molar-refractivity contribution in [3.05, 3.63) is 62.7 Å². The highest BCUT2D eigenvalue weighted by Crippen LogP contribution is 2.35. The Morgan fingerprint density at radius 3 is 2.70 bits per heavy atom. The van der Waals surface area contributed by atoms with Crippen LogP contribution in [0.4, 0.5) is 5.69 Å². The van der Waals surface area contributed by atoms with Crippen LogP contribution in [0.3, 0.4) is 0 Å². The molecule has 0 amide bonds. The van der Waals surface area contributed by atoms with Gasteiger partial charge in [-0.05, 0) is 30.2 Å². The summed E-state index contributed by atoms with van der Waals surface area (Å²) in [6.07, 6.45) is 0. The zero-order valence-corrected chi connectivity index (χ0v) is 11.4. The lowest BCUT2D eigenvalue weighted by atomic mass is 10.2. The van der Waals surface area contributed by atoms with E-state index < -0.39 is 4.92 Å². The molecule has 104 valence electrons. The van der Waals surface area contributed by atoms with E-state index in [0.29, 0.717) is 21.9 Å². The number of rotatable bonds is 4. The lowest BCUT2D eigenvalue weighted by Gasteiger charge is -2.10. The third-order valence-corrected chi connectivity index (χ3v) is 3.15. The van der Waals surface area contributed by atoms with Gasteiger partial charge in [-0.3, -0.25) is 10.1 Å². The third-order valence-electron chi connectivity index (χ3n) is 2.80. The molecule has 6 heteroatoms. The molecule has 0 heterocycles. The van der Waals surface area contributed by atoms with Gasteiger partial charge >= 0.3 is 5.69 Å². The van der Waals surface area contributed by atoms with Crippen molar-refractivity contribution in [3.8, 4) is 11.5 Å². The minimum atomic E-state index is -0.494. The summed E-state index contributed by atoms with van der Waals surface area (Å²) in [6, 6.07) is 9.44. The van der Waals surface area contributed by atoms with Crippen molar-refractivity contribution in [1.82, 2.24) is 0 Å². The number of hydrogen-bond acceptors (Lipinski definition) is 4. The van der Waals surface area contributed by atoms with Crippen LogP contribution in [0.25, 0.3) is 0 Å². The molecule has 1 N–H and O–H groups in total. The van der Waals surface area contributed by atoms with E-state index in [4.69, 9.17) is 21.4 Å². The zero-order valence-electron chi connectivity index (χ0n) is 10.7. The molecular formula is C14H12ClNO4. The Bertz CT molecular complexity index is 658. The monoisotopic (exact) mass is 293 g/mol. The fourth-order valence-electron chi connectivity index (χ4n) is 1.75.